The fourth-order valence-corrected chi connectivity index (χ4v) is 10.5. The molecule has 0 aromatic heterocycles. The normalized spacial score (nSPS) is 19.5. The topological polar surface area (TPSA) is 27.6 Å². The number of rotatable bonds is 4. The number of nitrogens with zero attached hydrogens (tertiary/aromatic N) is 2. The first-order valence-corrected chi connectivity index (χ1v) is 20.3. The van der Waals surface area contributed by atoms with Gasteiger partial charge >= 0.3 is 0 Å². The number of aliphatic imine (C=N–C) groups is 1. The zero-order valence-corrected chi connectivity index (χ0v) is 31.8. The molecule has 0 fully saturated rings. The number of anilines is 3. The van der Waals surface area contributed by atoms with Gasteiger partial charge in [0.1, 0.15) is 6.17 Å². The number of nitrogens with one attached hydrogen (secondary N) is 1. The van der Waals surface area contributed by atoms with Crippen molar-refractivity contribution in [2.45, 2.75) is 17.5 Å². The third-order valence-corrected chi connectivity index (χ3v) is 12.9. The lowest BCUT2D eigenvalue weighted by Gasteiger charge is -2.48. The van der Waals surface area contributed by atoms with Crippen molar-refractivity contribution >= 4 is 50.0 Å². The van der Waals surface area contributed by atoms with E-state index in [0.717, 1.165) is 33.8 Å². The average Bonchev–Trinajstić information content (AvgIpc) is 3.59. The number of hydrogen-bond donors (Lipinski definition) is 1. The minimum Gasteiger partial charge on any atom is -0.360 e. The highest BCUT2D eigenvalue weighted by molar-refractivity contribution is 6.13. The van der Waals surface area contributed by atoms with Crippen LogP contribution in [0.2, 0.25) is 0 Å². The maximum absolute atomic E-state index is 5.46. The average molecular weight is 742 g/mol. The number of hydrogen-bond acceptors (Lipinski definition) is 3. The second-order valence-electron chi connectivity index (χ2n) is 15.9. The molecule has 3 nitrogen and oxygen atoms in total. The number of allylic oxidation sites excluding steroid dienone is 5. The zero-order valence-electron chi connectivity index (χ0n) is 31.8. The van der Waals surface area contributed by atoms with E-state index in [1.54, 1.807) is 0 Å². The highest BCUT2D eigenvalue weighted by Crippen LogP contribution is 2.67. The summed E-state index contributed by atoms with van der Waals surface area (Å²) in [4.78, 5) is 8.03. The van der Waals surface area contributed by atoms with Gasteiger partial charge in [0.25, 0.3) is 0 Å². The number of para-hydroxylation sites is 1. The Balaban J connectivity index is 1.16. The molecule has 1 N–H and O–H groups in total. The molecular weight excluding hydrogens is 703 g/mol. The molecule has 0 radical (unpaired) electrons. The fraction of sp³-hybridized carbons (Fsp3) is 0.0727. The molecule has 274 valence electrons. The van der Waals surface area contributed by atoms with E-state index >= 15 is 0 Å². The summed E-state index contributed by atoms with van der Waals surface area (Å²) in [5.41, 5.74) is 14.0. The summed E-state index contributed by atoms with van der Waals surface area (Å²) in [6.45, 7) is 0. The first-order valence-electron chi connectivity index (χ1n) is 20.3. The maximum atomic E-state index is 5.46. The minimum absolute atomic E-state index is 0.156. The smallest absolute Gasteiger partial charge is 0.145 e. The summed E-state index contributed by atoms with van der Waals surface area (Å²) in [5.74, 6) is 0.362. The number of fused-ring (bicyclic) bond motifs is 13. The zero-order chi connectivity index (χ0) is 38.2. The summed E-state index contributed by atoms with van der Waals surface area (Å²) in [5, 5.41) is 8.86. The monoisotopic (exact) mass is 741 g/mol. The van der Waals surface area contributed by atoms with E-state index in [2.05, 4.69) is 223 Å². The molecule has 58 heavy (non-hydrogen) atoms. The lowest BCUT2D eigenvalue weighted by Crippen LogP contribution is -2.40. The van der Waals surface area contributed by atoms with Crippen molar-refractivity contribution in [3.63, 3.8) is 0 Å². The summed E-state index contributed by atoms with van der Waals surface area (Å²) in [6.07, 6.45) is 11.3. The second-order valence-corrected chi connectivity index (χ2v) is 15.9. The Morgan fingerprint density at radius 3 is 1.78 bits per heavy atom. The van der Waals surface area contributed by atoms with E-state index in [1.807, 2.05) is 0 Å². The molecule has 0 saturated carbocycles. The highest BCUT2D eigenvalue weighted by atomic mass is 15.2. The maximum Gasteiger partial charge on any atom is 0.145 e. The van der Waals surface area contributed by atoms with Crippen molar-refractivity contribution in [2.24, 2.45) is 10.9 Å². The van der Waals surface area contributed by atoms with Crippen molar-refractivity contribution in [1.29, 1.82) is 0 Å². The van der Waals surface area contributed by atoms with Crippen molar-refractivity contribution in [3.05, 3.63) is 251 Å². The van der Waals surface area contributed by atoms with Gasteiger partial charge < -0.3 is 10.2 Å². The van der Waals surface area contributed by atoms with Gasteiger partial charge in [0.15, 0.2) is 0 Å². The van der Waals surface area contributed by atoms with Crippen molar-refractivity contribution in [1.82, 2.24) is 5.32 Å². The van der Waals surface area contributed by atoms with Crippen LogP contribution in [0.25, 0.3) is 27.2 Å². The summed E-state index contributed by atoms with van der Waals surface area (Å²) >= 11 is 0. The molecule has 8 aromatic rings. The van der Waals surface area contributed by atoms with Crippen LogP contribution in [0.4, 0.5) is 17.1 Å². The van der Waals surface area contributed by atoms with Crippen LogP contribution in [0.3, 0.4) is 0 Å². The molecule has 0 amide bonds. The fourth-order valence-electron chi connectivity index (χ4n) is 10.5. The molecule has 2 aliphatic carbocycles. The van der Waals surface area contributed by atoms with Crippen molar-refractivity contribution in [3.8, 4) is 0 Å². The van der Waals surface area contributed by atoms with Crippen molar-refractivity contribution < 1.29 is 0 Å². The van der Waals surface area contributed by atoms with E-state index in [1.165, 1.54) is 55.2 Å². The van der Waals surface area contributed by atoms with Crippen LogP contribution in [0.1, 0.15) is 51.0 Å². The Bertz CT molecular complexity index is 2960. The van der Waals surface area contributed by atoms with Gasteiger partial charge in [-0.05, 0) is 67.9 Å². The van der Waals surface area contributed by atoms with E-state index in [4.69, 9.17) is 4.99 Å². The largest absolute Gasteiger partial charge is 0.360 e. The van der Waals surface area contributed by atoms with Gasteiger partial charge in [-0.15, -0.1) is 0 Å². The molecule has 2 aliphatic heterocycles. The lowest BCUT2D eigenvalue weighted by atomic mass is 9.60. The van der Waals surface area contributed by atoms with Crippen LogP contribution in [0, 0.1) is 5.92 Å². The van der Waals surface area contributed by atoms with Gasteiger partial charge in [-0.2, -0.15) is 0 Å². The Morgan fingerprint density at radius 1 is 0.517 bits per heavy atom. The Labute approximate surface area is 338 Å². The van der Waals surface area contributed by atoms with E-state index in [9.17, 15) is 0 Å². The molecule has 2 heterocycles. The van der Waals surface area contributed by atoms with Gasteiger partial charge in [0.05, 0.1) is 22.5 Å². The number of benzene rings is 8. The highest BCUT2D eigenvalue weighted by Gasteiger charge is 2.57. The van der Waals surface area contributed by atoms with Crippen molar-refractivity contribution in [2.75, 3.05) is 4.90 Å². The van der Waals surface area contributed by atoms with E-state index in [0.29, 0.717) is 0 Å². The summed E-state index contributed by atoms with van der Waals surface area (Å²) < 4.78 is 0. The molecular formula is C55H39N3. The second kappa shape index (κ2) is 12.9. The van der Waals surface area contributed by atoms with Crippen LogP contribution in [-0.4, -0.2) is 5.71 Å². The van der Waals surface area contributed by atoms with Gasteiger partial charge in [0.2, 0.25) is 0 Å². The summed E-state index contributed by atoms with van der Waals surface area (Å²) in [7, 11) is 0. The van der Waals surface area contributed by atoms with E-state index < -0.39 is 5.41 Å². The van der Waals surface area contributed by atoms with Crippen LogP contribution in [-0.2, 0) is 5.41 Å². The van der Waals surface area contributed by atoms with Crippen LogP contribution in [0.15, 0.2) is 217 Å². The van der Waals surface area contributed by atoms with Gasteiger partial charge in [-0.3, -0.25) is 4.99 Å². The SMILES string of the molecule is C1=CC2c3ccc(C4N=C(c5ccccc5)C=C(c5ccccc5)N4)cc3C3(c4ccc5ccccc5c4N(c4ccccc4)c4c3ccc3ccccc43)C2C=C1. The first-order chi connectivity index (χ1) is 28.8. The van der Waals surface area contributed by atoms with Gasteiger partial charge in [-0.1, -0.05) is 194 Å². The van der Waals surface area contributed by atoms with Crippen LogP contribution >= 0.6 is 0 Å². The Hall–Kier alpha value is -7.23. The predicted octanol–water partition coefficient (Wildman–Crippen LogP) is 13.1. The molecule has 3 atom stereocenters. The molecule has 0 saturated heterocycles. The molecule has 8 aromatic carbocycles. The molecule has 3 heteroatoms. The van der Waals surface area contributed by atoms with Gasteiger partial charge in [-0.25, -0.2) is 0 Å². The molecule has 0 bridgehead atoms. The first kappa shape index (κ1) is 33.0. The predicted molar refractivity (Wildman–Crippen MR) is 240 cm³/mol. The molecule has 12 rings (SSSR count). The Morgan fingerprint density at radius 2 is 1.10 bits per heavy atom. The Kier molecular flexibility index (Phi) is 7.33. The summed E-state index contributed by atoms with van der Waals surface area (Å²) in [6, 6.07) is 66.8. The van der Waals surface area contributed by atoms with E-state index in [-0.39, 0.29) is 18.0 Å². The standard InChI is InChI=1S/C55H39N3/c1-4-18-38(19-5-1)50-35-51(39-20-6-2-7-21-39)57-54(56-50)40-28-31-45-44-26-14-15-27-46(44)55(49(45)34-40)47-32-29-36-16-10-12-24-42(36)52(47)58(41-22-8-3-9-23-41)53-43-25-13-11-17-37(43)30-33-48(53)55/h1-35,44,46,54,56H. The third-order valence-electron chi connectivity index (χ3n) is 12.9. The minimum atomic E-state index is -0.500. The van der Waals surface area contributed by atoms with Crippen LogP contribution < -0.4 is 10.2 Å². The lowest BCUT2D eigenvalue weighted by molar-refractivity contribution is 0.454. The third kappa shape index (κ3) is 4.77. The molecule has 3 unspecified atom stereocenters. The quantitative estimate of drug-likeness (QED) is 0.194. The molecule has 4 aliphatic rings. The molecule has 1 spiro atoms. The van der Waals surface area contributed by atoms with Gasteiger partial charge in [0, 0.05) is 34.0 Å². The van der Waals surface area contributed by atoms with Crippen LogP contribution in [0.5, 0.6) is 0 Å².